The second-order valence-electron chi connectivity index (χ2n) is 4.34. The lowest BCUT2D eigenvalue weighted by Crippen LogP contribution is -2.45. The zero-order chi connectivity index (χ0) is 12.3. The first-order chi connectivity index (χ1) is 7.47. The summed E-state index contributed by atoms with van der Waals surface area (Å²) in [6.07, 6.45) is 2.16. The molecule has 0 aliphatic heterocycles. The van der Waals surface area contributed by atoms with Crippen molar-refractivity contribution in [2.45, 2.75) is 38.8 Å². The normalized spacial score (nSPS) is 17.2. The van der Waals surface area contributed by atoms with Crippen LogP contribution in [0.3, 0.4) is 0 Å². The van der Waals surface area contributed by atoms with Crippen LogP contribution in [0.1, 0.15) is 26.7 Å². The molecule has 1 fully saturated rings. The number of carboxylic acids is 1. The van der Waals surface area contributed by atoms with Gasteiger partial charge in [0, 0.05) is 12.6 Å². The van der Waals surface area contributed by atoms with Crippen LogP contribution in [0.4, 0.5) is 0 Å². The van der Waals surface area contributed by atoms with E-state index in [2.05, 4.69) is 0 Å². The maximum atomic E-state index is 11.9. The SMILES string of the molecule is CCN(C(=O)CN(C)C(C)C(=O)O)C1CC1. The van der Waals surface area contributed by atoms with E-state index < -0.39 is 12.0 Å². The van der Waals surface area contributed by atoms with Crippen molar-refractivity contribution in [1.29, 1.82) is 0 Å². The van der Waals surface area contributed by atoms with Crippen LogP contribution < -0.4 is 0 Å². The summed E-state index contributed by atoms with van der Waals surface area (Å²) < 4.78 is 0. The number of carboxylic acid groups (broad SMARTS) is 1. The lowest BCUT2D eigenvalue weighted by molar-refractivity contribution is -0.143. The summed E-state index contributed by atoms with van der Waals surface area (Å²) in [5, 5.41) is 8.82. The zero-order valence-electron chi connectivity index (χ0n) is 10.1. The minimum atomic E-state index is -0.898. The Hall–Kier alpha value is -1.10. The maximum absolute atomic E-state index is 11.9. The number of amides is 1. The number of nitrogens with zero attached hydrogens (tertiary/aromatic N) is 2. The number of rotatable bonds is 6. The second kappa shape index (κ2) is 5.30. The first-order valence-corrected chi connectivity index (χ1v) is 5.69. The molecule has 0 bridgehead atoms. The summed E-state index contributed by atoms with van der Waals surface area (Å²) in [5.41, 5.74) is 0. The van der Waals surface area contributed by atoms with E-state index in [-0.39, 0.29) is 12.5 Å². The first-order valence-electron chi connectivity index (χ1n) is 5.69. The Morgan fingerprint density at radius 3 is 2.38 bits per heavy atom. The van der Waals surface area contributed by atoms with Crippen LogP contribution in [0.15, 0.2) is 0 Å². The smallest absolute Gasteiger partial charge is 0.320 e. The van der Waals surface area contributed by atoms with Gasteiger partial charge < -0.3 is 10.0 Å². The average molecular weight is 228 g/mol. The number of carbonyl (C=O) groups excluding carboxylic acids is 1. The quantitative estimate of drug-likeness (QED) is 0.715. The molecule has 1 unspecified atom stereocenters. The molecule has 0 spiro atoms. The number of aliphatic carboxylic acids is 1. The van der Waals surface area contributed by atoms with Crippen LogP contribution in [0, 0.1) is 0 Å². The number of carbonyl (C=O) groups is 2. The van der Waals surface area contributed by atoms with Crippen molar-refractivity contribution >= 4 is 11.9 Å². The van der Waals surface area contributed by atoms with Gasteiger partial charge in [0.1, 0.15) is 6.04 Å². The molecular weight excluding hydrogens is 208 g/mol. The molecule has 5 heteroatoms. The predicted octanol–water partition coefficient (Wildman–Crippen LogP) is 0.402. The molecule has 0 aromatic heterocycles. The summed E-state index contributed by atoms with van der Waals surface area (Å²) in [6, 6.07) is -0.229. The third kappa shape index (κ3) is 3.20. The molecule has 1 aliphatic carbocycles. The van der Waals surface area contributed by atoms with Gasteiger partial charge in [-0.1, -0.05) is 0 Å². The van der Waals surface area contributed by atoms with Crippen molar-refractivity contribution in [3.63, 3.8) is 0 Å². The molecule has 0 radical (unpaired) electrons. The van der Waals surface area contributed by atoms with E-state index in [1.54, 1.807) is 18.9 Å². The fourth-order valence-electron chi connectivity index (χ4n) is 1.65. The Bertz CT molecular complexity index is 276. The third-order valence-corrected chi connectivity index (χ3v) is 3.05. The highest BCUT2D eigenvalue weighted by Gasteiger charge is 2.32. The maximum Gasteiger partial charge on any atom is 0.320 e. The molecule has 92 valence electrons. The number of likely N-dealkylation sites (N-methyl/N-ethyl adjacent to an activating group) is 2. The number of hydrogen-bond acceptors (Lipinski definition) is 3. The van der Waals surface area contributed by atoms with Crippen LogP contribution in [-0.2, 0) is 9.59 Å². The van der Waals surface area contributed by atoms with Gasteiger partial charge >= 0.3 is 5.97 Å². The van der Waals surface area contributed by atoms with Gasteiger partial charge in [0.05, 0.1) is 6.54 Å². The molecule has 1 aliphatic rings. The van der Waals surface area contributed by atoms with Crippen LogP contribution in [0.5, 0.6) is 0 Å². The summed E-state index contributed by atoms with van der Waals surface area (Å²) in [6.45, 7) is 4.43. The summed E-state index contributed by atoms with van der Waals surface area (Å²) in [4.78, 5) is 26.0. The lowest BCUT2D eigenvalue weighted by atomic mass is 10.3. The van der Waals surface area contributed by atoms with Gasteiger partial charge in [0.2, 0.25) is 5.91 Å². The Labute approximate surface area is 96.0 Å². The molecule has 0 heterocycles. The molecule has 0 aromatic rings. The monoisotopic (exact) mass is 228 g/mol. The average Bonchev–Trinajstić information content (AvgIpc) is 3.01. The van der Waals surface area contributed by atoms with Crippen molar-refractivity contribution < 1.29 is 14.7 Å². The van der Waals surface area contributed by atoms with Gasteiger partial charge in [-0.2, -0.15) is 0 Å². The Morgan fingerprint density at radius 1 is 1.44 bits per heavy atom. The molecule has 1 N–H and O–H groups in total. The van der Waals surface area contributed by atoms with E-state index in [1.165, 1.54) is 0 Å². The Balaban J connectivity index is 2.45. The van der Waals surface area contributed by atoms with Crippen molar-refractivity contribution in [3.8, 4) is 0 Å². The van der Waals surface area contributed by atoms with Gasteiger partial charge in [-0.15, -0.1) is 0 Å². The van der Waals surface area contributed by atoms with Gasteiger partial charge in [0.15, 0.2) is 0 Å². The van der Waals surface area contributed by atoms with Crippen molar-refractivity contribution in [3.05, 3.63) is 0 Å². The van der Waals surface area contributed by atoms with Gasteiger partial charge in [0.25, 0.3) is 0 Å². The van der Waals surface area contributed by atoms with Gasteiger partial charge in [-0.25, -0.2) is 0 Å². The Kier molecular flexibility index (Phi) is 4.29. The highest BCUT2D eigenvalue weighted by Crippen LogP contribution is 2.26. The molecule has 1 amide bonds. The third-order valence-electron chi connectivity index (χ3n) is 3.05. The molecule has 0 saturated heterocycles. The van der Waals surface area contributed by atoms with Gasteiger partial charge in [-0.3, -0.25) is 14.5 Å². The first kappa shape index (κ1) is 13.0. The summed E-state index contributed by atoms with van der Waals surface area (Å²) in [5.74, 6) is -0.870. The van der Waals surface area contributed by atoms with E-state index in [4.69, 9.17) is 5.11 Å². The van der Waals surface area contributed by atoms with Crippen LogP contribution in [-0.4, -0.2) is 59.0 Å². The van der Waals surface area contributed by atoms with E-state index in [0.717, 1.165) is 12.8 Å². The minimum Gasteiger partial charge on any atom is -0.480 e. The highest BCUT2D eigenvalue weighted by atomic mass is 16.4. The Morgan fingerprint density at radius 2 is 2.00 bits per heavy atom. The van der Waals surface area contributed by atoms with Crippen molar-refractivity contribution in [1.82, 2.24) is 9.80 Å². The molecular formula is C11H20N2O3. The molecule has 16 heavy (non-hydrogen) atoms. The van der Waals surface area contributed by atoms with Gasteiger partial charge in [-0.05, 0) is 33.7 Å². The molecule has 5 nitrogen and oxygen atoms in total. The van der Waals surface area contributed by atoms with E-state index in [9.17, 15) is 9.59 Å². The molecule has 1 atom stereocenters. The summed E-state index contributed by atoms with van der Waals surface area (Å²) in [7, 11) is 1.66. The summed E-state index contributed by atoms with van der Waals surface area (Å²) >= 11 is 0. The lowest BCUT2D eigenvalue weighted by Gasteiger charge is -2.26. The second-order valence-corrected chi connectivity index (χ2v) is 4.34. The van der Waals surface area contributed by atoms with Crippen LogP contribution in [0.2, 0.25) is 0 Å². The molecule has 0 aromatic carbocycles. The fourth-order valence-corrected chi connectivity index (χ4v) is 1.65. The largest absolute Gasteiger partial charge is 0.480 e. The van der Waals surface area contributed by atoms with E-state index in [0.29, 0.717) is 12.6 Å². The predicted molar refractivity (Wildman–Crippen MR) is 60.1 cm³/mol. The van der Waals surface area contributed by atoms with Crippen molar-refractivity contribution in [2.24, 2.45) is 0 Å². The standard InChI is InChI=1S/C11H20N2O3/c1-4-13(9-5-6-9)10(14)7-12(3)8(2)11(15)16/h8-9H,4-7H2,1-3H3,(H,15,16). The zero-order valence-corrected chi connectivity index (χ0v) is 10.1. The topological polar surface area (TPSA) is 60.9 Å². The minimum absolute atomic E-state index is 0.0283. The molecule has 1 saturated carbocycles. The van der Waals surface area contributed by atoms with Crippen LogP contribution >= 0.6 is 0 Å². The molecule has 1 rings (SSSR count). The van der Waals surface area contributed by atoms with E-state index in [1.807, 2.05) is 11.8 Å². The number of hydrogen-bond donors (Lipinski definition) is 1. The van der Waals surface area contributed by atoms with Crippen LogP contribution in [0.25, 0.3) is 0 Å². The fraction of sp³-hybridized carbons (Fsp3) is 0.818. The van der Waals surface area contributed by atoms with Crippen molar-refractivity contribution in [2.75, 3.05) is 20.1 Å². The highest BCUT2D eigenvalue weighted by molar-refractivity contribution is 5.80. The van der Waals surface area contributed by atoms with E-state index >= 15 is 0 Å².